The summed E-state index contributed by atoms with van der Waals surface area (Å²) in [5.41, 5.74) is 3.52. The van der Waals surface area contributed by atoms with E-state index in [1.54, 1.807) is 11.0 Å². The molecule has 3 rings (SSSR count). The fourth-order valence-electron chi connectivity index (χ4n) is 2.52. The number of amides is 2. The van der Waals surface area contributed by atoms with E-state index in [9.17, 15) is 9.59 Å². The molecule has 2 amide bonds. The molecule has 0 bridgehead atoms. The third-order valence-corrected chi connectivity index (χ3v) is 3.67. The first-order valence-electron chi connectivity index (χ1n) is 6.89. The molecule has 1 aliphatic heterocycles. The third kappa shape index (κ3) is 2.65. The molecular formula is C17H16N2O2. The topological polar surface area (TPSA) is 49.4 Å². The molecule has 0 unspecified atom stereocenters. The van der Waals surface area contributed by atoms with Gasteiger partial charge in [-0.05, 0) is 30.2 Å². The Labute approximate surface area is 123 Å². The van der Waals surface area contributed by atoms with Crippen molar-refractivity contribution in [1.82, 2.24) is 0 Å². The molecule has 0 fully saturated rings. The van der Waals surface area contributed by atoms with Gasteiger partial charge in [0.2, 0.25) is 11.8 Å². The van der Waals surface area contributed by atoms with Gasteiger partial charge < -0.3 is 10.2 Å². The van der Waals surface area contributed by atoms with Crippen molar-refractivity contribution in [1.29, 1.82) is 0 Å². The van der Waals surface area contributed by atoms with E-state index in [1.807, 2.05) is 49.4 Å². The van der Waals surface area contributed by atoms with Crippen LogP contribution < -0.4 is 10.2 Å². The average molecular weight is 280 g/mol. The van der Waals surface area contributed by atoms with Crippen LogP contribution in [-0.4, -0.2) is 18.4 Å². The van der Waals surface area contributed by atoms with Crippen molar-refractivity contribution in [3.63, 3.8) is 0 Å². The fraction of sp³-hybridized carbons (Fsp3) is 0.176. The number of rotatable bonds is 2. The Hall–Kier alpha value is -2.62. The standard InChI is InChI=1S/C17H16N2O2/c1-12-6-2-3-7-13(12)10-17(21)19-11-16(20)18-14-8-4-5-9-15(14)19/h2-9H,10-11H2,1H3,(H,18,20). The molecule has 0 spiro atoms. The van der Waals surface area contributed by atoms with Crippen LogP contribution in [0.5, 0.6) is 0 Å². The summed E-state index contributed by atoms with van der Waals surface area (Å²) >= 11 is 0. The molecule has 4 nitrogen and oxygen atoms in total. The molecular weight excluding hydrogens is 264 g/mol. The largest absolute Gasteiger partial charge is 0.323 e. The van der Waals surface area contributed by atoms with Gasteiger partial charge in [0.25, 0.3) is 0 Å². The number of hydrogen-bond acceptors (Lipinski definition) is 2. The van der Waals surface area contributed by atoms with Crippen molar-refractivity contribution in [3.05, 3.63) is 59.7 Å². The van der Waals surface area contributed by atoms with Crippen LogP contribution in [0, 0.1) is 6.92 Å². The molecule has 1 heterocycles. The number of nitrogens with one attached hydrogen (secondary N) is 1. The van der Waals surface area contributed by atoms with E-state index >= 15 is 0 Å². The summed E-state index contributed by atoms with van der Waals surface area (Å²) in [6.45, 7) is 2.06. The predicted octanol–water partition coefficient (Wildman–Crippen LogP) is 2.52. The Kier molecular flexibility index (Phi) is 3.44. The zero-order valence-corrected chi connectivity index (χ0v) is 11.8. The third-order valence-electron chi connectivity index (χ3n) is 3.67. The summed E-state index contributed by atoms with van der Waals surface area (Å²) in [5.74, 6) is -0.224. The van der Waals surface area contributed by atoms with Crippen LogP contribution in [0.3, 0.4) is 0 Å². The molecule has 1 N–H and O–H groups in total. The highest BCUT2D eigenvalue weighted by Crippen LogP contribution is 2.29. The minimum absolute atomic E-state index is 0.0633. The molecule has 0 radical (unpaired) electrons. The van der Waals surface area contributed by atoms with Gasteiger partial charge in [0.05, 0.1) is 17.8 Å². The van der Waals surface area contributed by atoms with Gasteiger partial charge in [0.1, 0.15) is 6.54 Å². The lowest BCUT2D eigenvalue weighted by Crippen LogP contribution is -2.42. The van der Waals surface area contributed by atoms with E-state index in [0.717, 1.165) is 16.8 Å². The summed E-state index contributed by atoms with van der Waals surface area (Å²) in [5, 5.41) is 2.79. The van der Waals surface area contributed by atoms with E-state index in [-0.39, 0.29) is 18.4 Å². The number of para-hydroxylation sites is 2. The Bertz CT molecular complexity index is 709. The lowest BCUT2D eigenvalue weighted by molar-refractivity contribution is -0.121. The second-order valence-corrected chi connectivity index (χ2v) is 5.15. The second kappa shape index (κ2) is 5.40. The lowest BCUT2D eigenvalue weighted by Gasteiger charge is -2.29. The highest BCUT2D eigenvalue weighted by Gasteiger charge is 2.26. The number of benzene rings is 2. The van der Waals surface area contributed by atoms with Gasteiger partial charge in [-0.2, -0.15) is 0 Å². The Balaban J connectivity index is 1.88. The van der Waals surface area contributed by atoms with Crippen molar-refractivity contribution in [2.75, 3.05) is 16.8 Å². The predicted molar refractivity (Wildman–Crippen MR) is 82.3 cm³/mol. The van der Waals surface area contributed by atoms with E-state index < -0.39 is 0 Å². The van der Waals surface area contributed by atoms with E-state index in [1.165, 1.54) is 0 Å². The van der Waals surface area contributed by atoms with Gasteiger partial charge in [-0.3, -0.25) is 9.59 Å². The second-order valence-electron chi connectivity index (χ2n) is 5.15. The number of carbonyl (C=O) groups is 2. The quantitative estimate of drug-likeness (QED) is 0.919. The summed E-state index contributed by atoms with van der Waals surface area (Å²) in [7, 11) is 0. The number of carbonyl (C=O) groups excluding carboxylic acids is 2. The first-order chi connectivity index (χ1) is 10.1. The number of hydrogen-bond donors (Lipinski definition) is 1. The van der Waals surface area contributed by atoms with Crippen molar-refractivity contribution in [3.8, 4) is 0 Å². The minimum atomic E-state index is -0.160. The number of nitrogens with zero attached hydrogens (tertiary/aromatic N) is 1. The molecule has 2 aromatic carbocycles. The summed E-state index contributed by atoms with van der Waals surface area (Å²) in [4.78, 5) is 25.9. The number of fused-ring (bicyclic) bond motifs is 1. The first kappa shape index (κ1) is 13.4. The van der Waals surface area contributed by atoms with Crippen LogP contribution in [0.4, 0.5) is 11.4 Å². The molecule has 1 aliphatic rings. The fourth-order valence-corrected chi connectivity index (χ4v) is 2.52. The van der Waals surface area contributed by atoms with Crippen molar-refractivity contribution in [2.45, 2.75) is 13.3 Å². The van der Waals surface area contributed by atoms with Crippen molar-refractivity contribution >= 4 is 23.2 Å². The molecule has 0 saturated carbocycles. The van der Waals surface area contributed by atoms with Crippen LogP contribution in [0.15, 0.2) is 48.5 Å². The zero-order valence-electron chi connectivity index (χ0n) is 11.8. The molecule has 21 heavy (non-hydrogen) atoms. The summed E-state index contributed by atoms with van der Waals surface area (Å²) in [6, 6.07) is 15.2. The van der Waals surface area contributed by atoms with Crippen molar-refractivity contribution < 1.29 is 9.59 Å². The zero-order chi connectivity index (χ0) is 14.8. The molecule has 0 saturated heterocycles. The lowest BCUT2D eigenvalue weighted by atomic mass is 10.0. The normalized spacial score (nSPS) is 13.6. The SMILES string of the molecule is Cc1ccccc1CC(=O)N1CC(=O)Nc2ccccc21. The molecule has 106 valence electrons. The summed E-state index contributed by atoms with van der Waals surface area (Å²) < 4.78 is 0. The summed E-state index contributed by atoms with van der Waals surface area (Å²) in [6.07, 6.45) is 0.300. The highest BCUT2D eigenvalue weighted by molar-refractivity contribution is 6.10. The van der Waals surface area contributed by atoms with Gasteiger partial charge in [-0.15, -0.1) is 0 Å². The Morgan fingerprint density at radius 3 is 2.67 bits per heavy atom. The van der Waals surface area contributed by atoms with Gasteiger partial charge in [0.15, 0.2) is 0 Å². The van der Waals surface area contributed by atoms with Gasteiger partial charge >= 0.3 is 0 Å². The van der Waals surface area contributed by atoms with Crippen LogP contribution >= 0.6 is 0 Å². The first-order valence-corrected chi connectivity index (χ1v) is 6.89. The van der Waals surface area contributed by atoms with Crippen LogP contribution in [-0.2, 0) is 16.0 Å². The number of anilines is 2. The van der Waals surface area contributed by atoms with E-state index in [2.05, 4.69) is 5.32 Å². The average Bonchev–Trinajstić information content (AvgIpc) is 2.48. The molecule has 0 aromatic heterocycles. The monoisotopic (exact) mass is 280 g/mol. The molecule has 2 aromatic rings. The highest BCUT2D eigenvalue weighted by atomic mass is 16.2. The van der Waals surface area contributed by atoms with E-state index in [4.69, 9.17) is 0 Å². The van der Waals surface area contributed by atoms with Gasteiger partial charge in [-0.1, -0.05) is 36.4 Å². The van der Waals surface area contributed by atoms with Crippen LogP contribution in [0.1, 0.15) is 11.1 Å². The van der Waals surface area contributed by atoms with Gasteiger partial charge in [-0.25, -0.2) is 0 Å². The molecule has 0 atom stereocenters. The maximum atomic E-state index is 12.6. The molecule has 4 heteroatoms. The number of aryl methyl sites for hydroxylation is 1. The van der Waals surface area contributed by atoms with Gasteiger partial charge in [0, 0.05) is 0 Å². The Morgan fingerprint density at radius 2 is 1.86 bits per heavy atom. The molecule has 0 aliphatic carbocycles. The minimum Gasteiger partial charge on any atom is -0.323 e. The smallest absolute Gasteiger partial charge is 0.244 e. The van der Waals surface area contributed by atoms with Crippen molar-refractivity contribution in [2.24, 2.45) is 0 Å². The maximum Gasteiger partial charge on any atom is 0.244 e. The van der Waals surface area contributed by atoms with Crippen LogP contribution in [0.2, 0.25) is 0 Å². The van der Waals surface area contributed by atoms with Crippen LogP contribution in [0.25, 0.3) is 0 Å². The maximum absolute atomic E-state index is 12.6. The van der Waals surface area contributed by atoms with E-state index in [0.29, 0.717) is 12.1 Å². The Morgan fingerprint density at radius 1 is 1.14 bits per heavy atom.